The van der Waals surface area contributed by atoms with Gasteiger partial charge in [-0.3, -0.25) is 0 Å². The molecule has 0 heterocycles. The molecule has 2 nitrogen and oxygen atoms in total. The van der Waals surface area contributed by atoms with Crippen molar-refractivity contribution in [3.63, 3.8) is 0 Å². The zero-order valence-electron chi connectivity index (χ0n) is 10.6. The molecular weight excluding hydrogens is 309 g/mol. The molecular formula is C15H15BrFNO. The number of ether oxygens (including phenoxy) is 1. The standard InChI is InChI=1S/C15H15BrFNO/c1-19-11-7-5-10(6-8-11)9-14(18)15-12(16)3-2-4-13(15)17/h2-8,14H,9,18H2,1H3. The molecule has 4 heteroatoms. The average molecular weight is 324 g/mol. The van der Waals surface area contributed by atoms with Crippen LogP contribution < -0.4 is 10.5 Å². The van der Waals surface area contributed by atoms with E-state index in [0.29, 0.717) is 16.5 Å². The molecule has 1 atom stereocenters. The van der Waals surface area contributed by atoms with Gasteiger partial charge in [0.1, 0.15) is 11.6 Å². The van der Waals surface area contributed by atoms with E-state index >= 15 is 0 Å². The highest BCUT2D eigenvalue weighted by molar-refractivity contribution is 9.10. The van der Waals surface area contributed by atoms with Crippen LogP contribution in [0.3, 0.4) is 0 Å². The molecule has 0 bridgehead atoms. The van der Waals surface area contributed by atoms with Gasteiger partial charge in [0.25, 0.3) is 0 Å². The summed E-state index contributed by atoms with van der Waals surface area (Å²) in [6.07, 6.45) is 0.573. The first-order valence-electron chi connectivity index (χ1n) is 5.94. The Labute approximate surface area is 120 Å². The topological polar surface area (TPSA) is 35.2 Å². The summed E-state index contributed by atoms with van der Waals surface area (Å²) in [6, 6.07) is 12.1. The zero-order chi connectivity index (χ0) is 13.8. The van der Waals surface area contributed by atoms with Gasteiger partial charge in [-0.25, -0.2) is 4.39 Å². The highest BCUT2D eigenvalue weighted by Crippen LogP contribution is 2.27. The van der Waals surface area contributed by atoms with Gasteiger partial charge in [0.05, 0.1) is 7.11 Å². The molecule has 0 saturated carbocycles. The lowest BCUT2D eigenvalue weighted by Crippen LogP contribution is -2.15. The summed E-state index contributed by atoms with van der Waals surface area (Å²) in [5, 5.41) is 0. The van der Waals surface area contributed by atoms with Crippen molar-refractivity contribution in [1.82, 2.24) is 0 Å². The maximum atomic E-state index is 13.8. The molecule has 0 radical (unpaired) electrons. The molecule has 0 aromatic heterocycles. The van der Waals surface area contributed by atoms with Crippen molar-refractivity contribution in [3.05, 3.63) is 63.9 Å². The number of hydrogen-bond donors (Lipinski definition) is 1. The van der Waals surface area contributed by atoms with E-state index < -0.39 is 0 Å². The van der Waals surface area contributed by atoms with Crippen molar-refractivity contribution in [2.75, 3.05) is 7.11 Å². The van der Waals surface area contributed by atoms with Gasteiger partial charge in [-0.05, 0) is 36.2 Å². The Hall–Kier alpha value is -1.39. The van der Waals surface area contributed by atoms with Crippen LogP contribution in [0.5, 0.6) is 5.75 Å². The van der Waals surface area contributed by atoms with Crippen molar-refractivity contribution in [2.24, 2.45) is 5.73 Å². The number of halogens is 2. The molecule has 0 spiro atoms. The van der Waals surface area contributed by atoms with Crippen molar-refractivity contribution >= 4 is 15.9 Å². The fourth-order valence-corrected chi connectivity index (χ4v) is 2.62. The summed E-state index contributed by atoms with van der Waals surface area (Å²) >= 11 is 3.34. The van der Waals surface area contributed by atoms with Gasteiger partial charge in [0, 0.05) is 16.1 Å². The maximum Gasteiger partial charge on any atom is 0.129 e. The fraction of sp³-hybridized carbons (Fsp3) is 0.200. The number of rotatable bonds is 4. The van der Waals surface area contributed by atoms with E-state index in [4.69, 9.17) is 10.5 Å². The molecule has 0 amide bonds. The van der Waals surface area contributed by atoms with Crippen LogP contribution in [0.4, 0.5) is 4.39 Å². The molecule has 0 aliphatic rings. The molecule has 2 aromatic carbocycles. The smallest absolute Gasteiger partial charge is 0.129 e. The minimum Gasteiger partial charge on any atom is -0.497 e. The summed E-state index contributed by atoms with van der Waals surface area (Å²) in [5.74, 6) is 0.514. The Balaban J connectivity index is 2.18. The normalized spacial score (nSPS) is 12.2. The minimum atomic E-state index is -0.385. The van der Waals surface area contributed by atoms with Crippen LogP contribution in [0, 0.1) is 5.82 Å². The van der Waals surface area contributed by atoms with Gasteiger partial charge in [0.2, 0.25) is 0 Å². The van der Waals surface area contributed by atoms with Gasteiger partial charge < -0.3 is 10.5 Å². The van der Waals surface area contributed by atoms with Crippen molar-refractivity contribution in [1.29, 1.82) is 0 Å². The monoisotopic (exact) mass is 323 g/mol. The van der Waals surface area contributed by atoms with Crippen LogP contribution in [0.1, 0.15) is 17.2 Å². The number of benzene rings is 2. The second-order valence-corrected chi connectivity index (χ2v) is 5.15. The molecule has 2 N–H and O–H groups in total. The Morgan fingerprint density at radius 2 is 1.89 bits per heavy atom. The predicted molar refractivity (Wildman–Crippen MR) is 77.7 cm³/mol. The summed E-state index contributed by atoms with van der Waals surface area (Å²) in [7, 11) is 1.62. The lowest BCUT2D eigenvalue weighted by atomic mass is 9.99. The van der Waals surface area contributed by atoms with Crippen LogP contribution in [0.15, 0.2) is 46.9 Å². The lowest BCUT2D eigenvalue weighted by molar-refractivity contribution is 0.414. The molecule has 100 valence electrons. The van der Waals surface area contributed by atoms with Gasteiger partial charge in [-0.15, -0.1) is 0 Å². The second-order valence-electron chi connectivity index (χ2n) is 4.29. The summed E-state index contributed by atoms with van der Waals surface area (Å²) in [5.41, 5.74) is 7.66. The maximum absolute atomic E-state index is 13.8. The van der Waals surface area contributed by atoms with Crippen LogP contribution >= 0.6 is 15.9 Å². The highest BCUT2D eigenvalue weighted by atomic mass is 79.9. The van der Waals surface area contributed by atoms with E-state index in [2.05, 4.69) is 15.9 Å². The molecule has 0 aliphatic carbocycles. The van der Waals surface area contributed by atoms with Crippen LogP contribution in [0.25, 0.3) is 0 Å². The molecule has 2 aromatic rings. The predicted octanol–water partition coefficient (Wildman–Crippen LogP) is 3.84. The van der Waals surface area contributed by atoms with E-state index in [1.807, 2.05) is 24.3 Å². The fourth-order valence-electron chi connectivity index (χ4n) is 1.98. The first-order valence-corrected chi connectivity index (χ1v) is 6.73. The van der Waals surface area contributed by atoms with E-state index in [1.54, 1.807) is 19.2 Å². The highest BCUT2D eigenvalue weighted by Gasteiger charge is 2.15. The van der Waals surface area contributed by atoms with E-state index in [9.17, 15) is 4.39 Å². The summed E-state index contributed by atoms with van der Waals surface area (Å²) < 4.78 is 19.6. The Kier molecular flexibility index (Phi) is 4.56. The third-order valence-electron chi connectivity index (χ3n) is 2.99. The largest absolute Gasteiger partial charge is 0.497 e. The lowest BCUT2D eigenvalue weighted by Gasteiger charge is -2.15. The van der Waals surface area contributed by atoms with E-state index in [1.165, 1.54) is 6.07 Å². The van der Waals surface area contributed by atoms with Crippen molar-refractivity contribution in [2.45, 2.75) is 12.5 Å². The average Bonchev–Trinajstić information content (AvgIpc) is 2.39. The van der Waals surface area contributed by atoms with E-state index in [0.717, 1.165) is 11.3 Å². The Morgan fingerprint density at radius 1 is 1.21 bits per heavy atom. The Morgan fingerprint density at radius 3 is 2.47 bits per heavy atom. The first kappa shape index (κ1) is 14.0. The zero-order valence-corrected chi connectivity index (χ0v) is 12.2. The van der Waals surface area contributed by atoms with Crippen molar-refractivity contribution < 1.29 is 9.13 Å². The molecule has 0 aliphatic heterocycles. The summed E-state index contributed by atoms with van der Waals surface area (Å²) in [6.45, 7) is 0. The number of nitrogens with two attached hydrogens (primary N) is 1. The summed E-state index contributed by atoms with van der Waals surface area (Å²) in [4.78, 5) is 0. The quantitative estimate of drug-likeness (QED) is 0.927. The molecule has 0 saturated heterocycles. The third kappa shape index (κ3) is 3.33. The van der Waals surface area contributed by atoms with Gasteiger partial charge in [0.15, 0.2) is 0 Å². The van der Waals surface area contributed by atoms with Gasteiger partial charge >= 0.3 is 0 Å². The molecule has 19 heavy (non-hydrogen) atoms. The van der Waals surface area contributed by atoms with E-state index in [-0.39, 0.29) is 11.9 Å². The number of hydrogen-bond acceptors (Lipinski definition) is 2. The minimum absolute atomic E-state index is 0.282. The van der Waals surface area contributed by atoms with Crippen LogP contribution in [0.2, 0.25) is 0 Å². The SMILES string of the molecule is COc1ccc(CC(N)c2c(F)cccc2Br)cc1. The molecule has 0 fully saturated rings. The molecule has 1 unspecified atom stereocenters. The Bertz CT molecular complexity index is 536. The second kappa shape index (κ2) is 6.17. The van der Waals surface area contributed by atoms with Crippen LogP contribution in [-0.2, 0) is 6.42 Å². The van der Waals surface area contributed by atoms with Crippen LogP contribution in [-0.4, -0.2) is 7.11 Å². The third-order valence-corrected chi connectivity index (χ3v) is 3.68. The number of methoxy groups -OCH3 is 1. The van der Waals surface area contributed by atoms with Crippen molar-refractivity contribution in [3.8, 4) is 5.75 Å². The van der Waals surface area contributed by atoms with Gasteiger partial charge in [-0.2, -0.15) is 0 Å². The van der Waals surface area contributed by atoms with Gasteiger partial charge in [-0.1, -0.05) is 34.1 Å². The molecule has 2 rings (SSSR count). The first-order chi connectivity index (χ1) is 9.11.